The lowest BCUT2D eigenvalue weighted by molar-refractivity contribution is 0.249. The predicted octanol–water partition coefficient (Wildman–Crippen LogP) is 1.69. The zero-order valence-electron chi connectivity index (χ0n) is 11.0. The van der Waals surface area contributed by atoms with Crippen LogP contribution in [0.15, 0.2) is 24.5 Å². The fourth-order valence-electron chi connectivity index (χ4n) is 2.65. The van der Waals surface area contributed by atoms with Gasteiger partial charge < -0.3 is 15.5 Å². The Labute approximate surface area is 113 Å². The van der Waals surface area contributed by atoms with Crippen LogP contribution >= 0.6 is 0 Å². The zero-order chi connectivity index (χ0) is 13.1. The molecular weight excluding hydrogens is 240 g/mol. The molecule has 1 saturated carbocycles. The van der Waals surface area contributed by atoms with Crippen molar-refractivity contribution in [2.24, 2.45) is 5.92 Å². The van der Waals surface area contributed by atoms with Gasteiger partial charge in [0.15, 0.2) is 0 Å². The van der Waals surface area contributed by atoms with Crippen LogP contribution in [0.1, 0.15) is 19.3 Å². The van der Waals surface area contributed by atoms with Gasteiger partial charge in [-0.2, -0.15) is 0 Å². The third kappa shape index (κ3) is 3.44. The van der Waals surface area contributed by atoms with Gasteiger partial charge >= 0.3 is 6.03 Å². The lowest BCUT2D eigenvalue weighted by atomic mass is 10.1. The van der Waals surface area contributed by atoms with E-state index in [4.69, 9.17) is 0 Å². The van der Waals surface area contributed by atoms with Crippen molar-refractivity contribution >= 4 is 11.7 Å². The van der Waals surface area contributed by atoms with Gasteiger partial charge in [-0.1, -0.05) is 0 Å². The third-order valence-corrected chi connectivity index (χ3v) is 3.85. The monoisotopic (exact) mass is 260 g/mol. The third-order valence-electron chi connectivity index (χ3n) is 3.85. The van der Waals surface area contributed by atoms with Gasteiger partial charge in [-0.3, -0.25) is 4.98 Å². The topological polar surface area (TPSA) is 57.3 Å². The van der Waals surface area contributed by atoms with E-state index in [1.165, 1.54) is 25.8 Å². The first-order valence-electron chi connectivity index (χ1n) is 7.00. The molecule has 1 aromatic heterocycles. The maximum atomic E-state index is 11.7. The van der Waals surface area contributed by atoms with Crippen molar-refractivity contribution in [2.45, 2.75) is 25.3 Å². The summed E-state index contributed by atoms with van der Waals surface area (Å²) in [4.78, 5) is 18.3. The number of pyridine rings is 1. The summed E-state index contributed by atoms with van der Waals surface area (Å²) in [5, 5.41) is 5.73. The summed E-state index contributed by atoms with van der Waals surface area (Å²) in [6.45, 7) is 3.09. The molecule has 5 heteroatoms. The summed E-state index contributed by atoms with van der Waals surface area (Å²) in [6.07, 6.45) is 7.25. The number of hydrogen-bond donors (Lipinski definition) is 2. The van der Waals surface area contributed by atoms with E-state index in [9.17, 15) is 4.79 Å². The second-order valence-electron chi connectivity index (χ2n) is 5.46. The molecule has 5 nitrogen and oxygen atoms in total. The Hall–Kier alpha value is -1.62. The van der Waals surface area contributed by atoms with Crippen molar-refractivity contribution in [3.63, 3.8) is 0 Å². The molecule has 0 bridgehead atoms. The zero-order valence-corrected chi connectivity index (χ0v) is 11.0. The first-order chi connectivity index (χ1) is 9.31. The van der Waals surface area contributed by atoms with Crippen LogP contribution in [0.25, 0.3) is 0 Å². The molecule has 0 spiro atoms. The maximum Gasteiger partial charge on any atom is 0.319 e. The summed E-state index contributed by atoms with van der Waals surface area (Å²) < 4.78 is 0. The SMILES string of the molecule is O=C(NC[C@@H]1CCN(C2CC2)C1)Nc1cccnc1. The van der Waals surface area contributed by atoms with Crippen LogP contribution in [0.2, 0.25) is 0 Å². The number of nitrogens with one attached hydrogen (secondary N) is 2. The first-order valence-corrected chi connectivity index (χ1v) is 7.00. The molecule has 102 valence electrons. The summed E-state index contributed by atoms with van der Waals surface area (Å²) >= 11 is 0. The van der Waals surface area contributed by atoms with Crippen LogP contribution < -0.4 is 10.6 Å². The number of amides is 2. The lowest BCUT2D eigenvalue weighted by Crippen LogP contribution is -2.34. The van der Waals surface area contributed by atoms with Gasteiger partial charge in [-0.25, -0.2) is 4.79 Å². The van der Waals surface area contributed by atoms with Gasteiger partial charge in [0.25, 0.3) is 0 Å². The molecule has 1 aliphatic heterocycles. The smallest absolute Gasteiger partial charge is 0.319 e. The van der Waals surface area contributed by atoms with Crippen molar-refractivity contribution in [2.75, 3.05) is 25.0 Å². The molecule has 2 N–H and O–H groups in total. The number of hydrogen-bond acceptors (Lipinski definition) is 3. The van der Waals surface area contributed by atoms with E-state index in [0.717, 1.165) is 24.8 Å². The molecule has 2 aliphatic rings. The normalized spacial score (nSPS) is 23.3. The Morgan fingerprint density at radius 2 is 2.32 bits per heavy atom. The van der Waals surface area contributed by atoms with Gasteiger partial charge in [0.05, 0.1) is 11.9 Å². The van der Waals surface area contributed by atoms with Gasteiger partial charge in [-0.05, 0) is 43.9 Å². The number of nitrogens with zero attached hydrogens (tertiary/aromatic N) is 2. The van der Waals surface area contributed by atoms with Crippen LogP contribution in [0.5, 0.6) is 0 Å². The number of carbonyl (C=O) groups excluding carboxylic acids is 1. The predicted molar refractivity (Wildman–Crippen MR) is 74.0 cm³/mol. The average molecular weight is 260 g/mol. The highest BCUT2D eigenvalue weighted by molar-refractivity contribution is 5.88. The molecule has 0 unspecified atom stereocenters. The van der Waals surface area contributed by atoms with E-state index in [-0.39, 0.29) is 6.03 Å². The minimum absolute atomic E-state index is 0.141. The van der Waals surface area contributed by atoms with Gasteiger partial charge in [-0.15, -0.1) is 0 Å². The number of aromatic nitrogens is 1. The summed E-state index contributed by atoms with van der Waals surface area (Å²) in [7, 11) is 0. The molecule has 2 fully saturated rings. The van der Waals surface area contributed by atoms with Crippen molar-refractivity contribution in [1.82, 2.24) is 15.2 Å². The standard InChI is InChI=1S/C14H20N4O/c19-14(17-12-2-1-6-15-9-12)16-8-11-5-7-18(10-11)13-3-4-13/h1-2,6,9,11,13H,3-5,7-8,10H2,(H2,16,17,19)/t11-/m0/s1. The van der Waals surface area contributed by atoms with Crippen LogP contribution in [-0.4, -0.2) is 41.6 Å². The molecule has 1 saturated heterocycles. The molecule has 1 atom stereocenters. The molecule has 1 aromatic rings. The highest BCUT2D eigenvalue weighted by Crippen LogP contribution is 2.31. The lowest BCUT2D eigenvalue weighted by Gasteiger charge is -2.15. The fourth-order valence-corrected chi connectivity index (χ4v) is 2.65. The van der Waals surface area contributed by atoms with Crippen molar-refractivity contribution in [3.8, 4) is 0 Å². The molecule has 0 aromatic carbocycles. The van der Waals surface area contributed by atoms with Crippen molar-refractivity contribution in [3.05, 3.63) is 24.5 Å². The largest absolute Gasteiger partial charge is 0.338 e. The number of rotatable bonds is 4. The Bertz CT molecular complexity index is 432. The number of anilines is 1. The second kappa shape index (κ2) is 5.57. The molecule has 2 amide bonds. The van der Waals surface area contributed by atoms with E-state index in [1.54, 1.807) is 18.5 Å². The minimum atomic E-state index is -0.141. The summed E-state index contributed by atoms with van der Waals surface area (Å²) in [5.74, 6) is 0.597. The molecule has 1 aliphatic carbocycles. The molecule has 0 radical (unpaired) electrons. The highest BCUT2D eigenvalue weighted by Gasteiger charge is 2.34. The van der Waals surface area contributed by atoms with E-state index in [1.807, 2.05) is 6.07 Å². The summed E-state index contributed by atoms with van der Waals surface area (Å²) in [6, 6.07) is 4.34. The minimum Gasteiger partial charge on any atom is -0.338 e. The number of carbonyl (C=O) groups is 1. The van der Waals surface area contributed by atoms with E-state index >= 15 is 0 Å². The van der Waals surface area contributed by atoms with Gasteiger partial charge in [0.1, 0.15) is 0 Å². The first kappa shape index (κ1) is 12.4. The van der Waals surface area contributed by atoms with Crippen molar-refractivity contribution in [1.29, 1.82) is 0 Å². The van der Waals surface area contributed by atoms with Gasteiger partial charge in [0, 0.05) is 25.3 Å². The van der Waals surface area contributed by atoms with E-state index in [0.29, 0.717) is 5.92 Å². The van der Waals surface area contributed by atoms with Crippen LogP contribution in [0.4, 0.5) is 10.5 Å². The Morgan fingerprint density at radius 1 is 1.42 bits per heavy atom. The number of urea groups is 1. The molecule has 19 heavy (non-hydrogen) atoms. The van der Waals surface area contributed by atoms with Crippen LogP contribution in [0.3, 0.4) is 0 Å². The van der Waals surface area contributed by atoms with Crippen molar-refractivity contribution < 1.29 is 4.79 Å². The maximum absolute atomic E-state index is 11.7. The summed E-state index contributed by atoms with van der Waals surface area (Å²) in [5.41, 5.74) is 0.728. The Kier molecular flexibility index (Phi) is 3.64. The number of likely N-dealkylation sites (tertiary alicyclic amines) is 1. The van der Waals surface area contributed by atoms with Crippen LogP contribution in [-0.2, 0) is 0 Å². The fraction of sp³-hybridized carbons (Fsp3) is 0.571. The van der Waals surface area contributed by atoms with E-state index < -0.39 is 0 Å². The van der Waals surface area contributed by atoms with Crippen LogP contribution in [0, 0.1) is 5.92 Å². The Morgan fingerprint density at radius 3 is 3.05 bits per heavy atom. The molecular formula is C14H20N4O. The Balaban J connectivity index is 1.39. The van der Waals surface area contributed by atoms with E-state index in [2.05, 4.69) is 20.5 Å². The quantitative estimate of drug-likeness (QED) is 0.866. The highest BCUT2D eigenvalue weighted by atomic mass is 16.2. The van der Waals surface area contributed by atoms with Gasteiger partial charge in [0.2, 0.25) is 0 Å². The second-order valence-corrected chi connectivity index (χ2v) is 5.46. The molecule has 3 rings (SSSR count). The average Bonchev–Trinajstić information content (AvgIpc) is 3.17. The molecule has 2 heterocycles.